The van der Waals surface area contributed by atoms with Crippen molar-refractivity contribution in [3.63, 3.8) is 0 Å². The molecule has 1 amide bonds. The number of carbonyl (C=O) groups is 1. The third-order valence-corrected chi connectivity index (χ3v) is 3.95. The number of phosphoric ester groups is 1. The molecule has 0 saturated carbocycles. The molecule has 138 valence electrons. The van der Waals surface area contributed by atoms with Gasteiger partial charge in [-0.05, 0) is 26.3 Å². The fourth-order valence-electron chi connectivity index (χ4n) is 2.02. The van der Waals surface area contributed by atoms with E-state index in [0.717, 1.165) is 5.76 Å². The molecule has 0 aliphatic heterocycles. The van der Waals surface area contributed by atoms with E-state index < -0.39 is 25.2 Å². The molecule has 1 heterocycles. The topological polar surface area (TPSA) is 136 Å². The minimum atomic E-state index is -4.79. The van der Waals surface area contributed by atoms with Gasteiger partial charge in [0.15, 0.2) is 6.39 Å². The molecule has 0 bridgehead atoms. The van der Waals surface area contributed by atoms with Gasteiger partial charge in [0.1, 0.15) is 11.9 Å². The van der Waals surface area contributed by atoms with Crippen LogP contribution in [0.4, 0.5) is 0 Å². The Morgan fingerprint density at radius 1 is 1.44 bits per heavy atom. The number of allylic oxidation sites excluding steroid dienone is 5. The van der Waals surface area contributed by atoms with Gasteiger partial charge in [0.05, 0.1) is 11.6 Å². The predicted molar refractivity (Wildman–Crippen MR) is 92.1 cm³/mol. The highest BCUT2D eigenvalue weighted by Crippen LogP contribution is 2.44. The van der Waals surface area contributed by atoms with E-state index in [0.29, 0.717) is 12.0 Å². The van der Waals surface area contributed by atoms with Crippen LogP contribution < -0.4 is 5.73 Å². The first-order valence-electron chi connectivity index (χ1n) is 7.45. The number of oxazole rings is 1. The quantitative estimate of drug-likeness (QED) is 0.448. The van der Waals surface area contributed by atoms with E-state index >= 15 is 0 Å². The second-order valence-electron chi connectivity index (χ2n) is 5.96. The maximum atomic E-state index is 11.6. The number of phosphoric acid groups is 1. The van der Waals surface area contributed by atoms with Crippen molar-refractivity contribution in [3.8, 4) is 0 Å². The van der Waals surface area contributed by atoms with Gasteiger partial charge in [-0.2, -0.15) is 0 Å². The molecule has 0 radical (unpaired) electrons. The maximum Gasteiger partial charge on any atom is 0.470 e. The van der Waals surface area contributed by atoms with Crippen molar-refractivity contribution in [1.82, 2.24) is 4.98 Å². The van der Waals surface area contributed by atoms with Gasteiger partial charge in [-0.25, -0.2) is 9.55 Å². The number of nitrogens with two attached hydrogens (primary N) is 1. The van der Waals surface area contributed by atoms with Crippen LogP contribution in [0.25, 0.3) is 0 Å². The first-order valence-corrected chi connectivity index (χ1v) is 8.98. The smallest absolute Gasteiger partial charge is 0.448 e. The van der Waals surface area contributed by atoms with Crippen molar-refractivity contribution in [3.05, 3.63) is 54.3 Å². The largest absolute Gasteiger partial charge is 0.470 e. The van der Waals surface area contributed by atoms with Crippen LogP contribution in [0, 0.1) is 5.41 Å². The second-order valence-corrected chi connectivity index (χ2v) is 7.15. The van der Waals surface area contributed by atoms with Gasteiger partial charge < -0.3 is 19.9 Å². The van der Waals surface area contributed by atoms with E-state index in [-0.39, 0.29) is 0 Å². The maximum absolute atomic E-state index is 11.6. The van der Waals surface area contributed by atoms with Gasteiger partial charge >= 0.3 is 7.82 Å². The molecule has 1 rings (SSSR count). The highest BCUT2D eigenvalue weighted by molar-refractivity contribution is 7.46. The summed E-state index contributed by atoms with van der Waals surface area (Å²) in [6, 6.07) is 0. The zero-order chi connectivity index (χ0) is 19.1. The third kappa shape index (κ3) is 7.19. The summed E-state index contributed by atoms with van der Waals surface area (Å²) in [7, 11) is -4.79. The van der Waals surface area contributed by atoms with E-state index in [2.05, 4.69) is 4.98 Å². The zero-order valence-corrected chi connectivity index (χ0v) is 15.2. The minimum Gasteiger partial charge on any atom is -0.448 e. The average molecular weight is 370 g/mol. The van der Waals surface area contributed by atoms with Crippen LogP contribution in [0.3, 0.4) is 0 Å². The summed E-state index contributed by atoms with van der Waals surface area (Å²) in [5, 5.41) is 0. The van der Waals surface area contributed by atoms with Gasteiger partial charge in [-0.3, -0.25) is 9.32 Å². The van der Waals surface area contributed by atoms with Crippen LogP contribution in [-0.4, -0.2) is 26.8 Å². The third-order valence-electron chi connectivity index (χ3n) is 3.47. The highest BCUT2D eigenvalue weighted by atomic mass is 31.2. The van der Waals surface area contributed by atoms with Gasteiger partial charge in [0.2, 0.25) is 5.91 Å². The Morgan fingerprint density at radius 2 is 2.12 bits per heavy atom. The number of primary amides is 1. The van der Waals surface area contributed by atoms with Crippen molar-refractivity contribution in [2.24, 2.45) is 11.1 Å². The molecule has 0 aromatic carbocycles. The van der Waals surface area contributed by atoms with Crippen LogP contribution in [-0.2, 0) is 20.3 Å². The van der Waals surface area contributed by atoms with Gasteiger partial charge in [-0.15, -0.1) is 0 Å². The Morgan fingerprint density at radius 3 is 2.64 bits per heavy atom. The molecule has 0 saturated heterocycles. The summed E-state index contributed by atoms with van der Waals surface area (Å²) in [6.07, 6.45) is 11.0. The van der Waals surface area contributed by atoms with Crippen LogP contribution in [0.5, 0.6) is 0 Å². The Hall–Kier alpha value is -1.99. The van der Waals surface area contributed by atoms with E-state index in [1.54, 1.807) is 37.4 Å². The predicted octanol–water partition coefficient (Wildman–Crippen LogP) is 2.27. The second kappa shape index (κ2) is 8.92. The molecule has 4 N–H and O–H groups in total. The first-order chi connectivity index (χ1) is 11.5. The van der Waals surface area contributed by atoms with Crippen LogP contribution >= 0.6 is 7.82 Å². The van der Waals surface area contributed by atoms with Crippen molar-refractivity contribution in [1.29, 1.82) is 0 Å². The Bertz CT molecular complexity index is 700. The Kier molecular flexibility index (Phi) is 7.51. The summed E-state index contributed by atoms with van der Waals surface area (Å²) in [4.78, 5) is 33.6. The van der Waals surface area contributed by atoms with Crippen molar-refractivity contribution in [2.75, 3.05) is 0 Å². The Labute approximate surface area is 146 Å². The molecule has 0 spiro atoms. The number of hydrogen-bond donors (Lipinski definition) is 3. The molecule has 9 heteroatoms. The lowest BCUT2D eigenvalue weighted by molar-refractivity contribution is -0.130. The minimum absolute atomic E-state index is 0.451. The molecule has 1 aromatic rings. The van der Waals surface area contributed by atoms with Gasteiger partial charge in [0.25, 0.3) is 0 Å². The summed E-state index contributed by atoms with van der Waals surface area (Å²) < 4.78 is 21.1. The summed E-state index contributed by atoms with van der Waals surface area (Å²) in [5.74, 6) is 0.00400. The summed E-state index contributed by atoms with van der Waals surface area (Å²) in [6.45, 7) is 4.54. The molecule has 25 heavy (non-hydrogen) atoms. The lowest BCUT2D eigenvalue weighted by Crippen LogP contribution is -2.43. The fraction of sp³-hybridized carbons (Fsp3) is 0.375. The number of hydrogen-bond acceptors (Lipinski definition) is 5. The molecular formula is C16H23N2O6P. The monoisotopic (exact) mass is 370 g/mol. The van der Waals surface area contributed by atoms with Crippen molar-refractivity contribution in [2.45, 2.75) is 33.3 Å². The van der Waals surface area contributed by atoms with Crippen LogP contribution in [0.2, 0.25) is 0 Å². The Balaban J connectivity index is 2.81. The summed E-state index contributed by atoms with van der Waals surface area (Å²) in [5.41, 5.74) is 4.48. The SMILES string of the molecule is C/C(=C/C=C\C=C\Cc1cnco1)[C@@H](OP(=O)(O)O)C(C)(C)C(N)=O. The number of rotatable bonds is 9. The fourth-order valence-corrected chi connectivity index (χ4v) is 2.72. The molecule has 0 aliphatic carbocycles. The molecule has 8 nitrogen and oxygen atoms in total. The van der Waals surface area contributed by atoms with Gasteiger partial charge in [0, 0.05) is 6.42 Å². The van der Waals surface area contributed by atoms with Crippen molar-refractivity contribution >= 4 is 13.7 Å². The first kappa shape index (κ1) is 21.1. The van der Waals surface area contributed by atoms with E-state index in [1.165, 1.54) is 20.2 Å². The zero-order valence-electron chi connectivity index (χ0n) is 14.3. The normalized spacial score (nSPS) is 15.2. The number of carbonyl (C=O) groups excluding carboxylic acids is 1. The number of nitrogens with zero attached hydrogens (tertiary/aromatic N) is 1. The van der Waals surface area contributed by atoms with Gasteiger partial charge in [-0.1, -0.05) is 30.4 Å². The number of amides is 1. The molecular weight excluding hydrogens is 347 g/mol. The lowest BCUT2D eigenvalue weighted by atomic mass is 9.82. The molecule has 0 unspecified atom stereocenters. The molecule has 0 fully saturated rings. The molecule has 1 aromatic heterocycles. The average Bonchev–Trinajstić information content (AvgIpc) is 3.00. The van der Waals surface area contributed by atoms with E-state index in [4.69, 9.17) is 24.5 Å². The lowest BCUT2D eigenvalue weighted by Gasteiger charge is -2.31. The van der Waals surface area contributed by atoms with Crippen LogP contribution in [0.15, 0.2) is 53.0 Å². The number of aromatic nitrogens is 1. The van der Waals surface area contributed by atoms with E-state index in [9.17, 15) is 9.36 Å². The van der Waals surface area contributed by atoms with Crippen LogP contribution in [0.1, 0.15) is 26.5 Å². The highest BCUT2D eigenvalue weighted by Gasteiger charge is 2.40. The molecule has 1 atom stereocenters. The standard InChI is InChI=1S/C16H23N2O6P/c1-12(8-6-4-5-7-9-13-10-18-11-23-13)14(24-25(20,21)22)16(2,3)15(17)19/h4-8,10-11,14H,9H2,1-3H3,(H2,17,19)(H2,20,21,22)/b6-4-,7-5+,12-8-/t14-/m1/s1. The van der Waals surface area contributed by atoms with E-state index in [1.807, 2.05) is 6.08 Å². The summed E-state index contributed by atoms with van der Waals surface area (Å²) >= 11 is 0. The molecule has 0 aliphatic rings. The van der Waals surface area contributed by atoms with Crippen molar-refractivity contribution < 1.29 is 28.1 Å².